The van der Waals surface area contributed by atoms with Gasteiger partial charge in [0.25, 0.3) is 0 Å². The first-order valence-corrected chi connectivity index (χ1v) is 10.2. The SMILES string of the molecule is O=C(O)C1CCC(NCc2cn(-c3ccccc3)nc2-c2cccs2)CC1. The highest BCUT2D eigenvalue weighted by Gasteiger charge is 2.26. The third kappa shape index (κ3) is 4.12. The average Bonchev–Trinajstić information content (AvgIpc) is 3.37. The van der Waals surface area contributed by atoms with Crippen LogP contribution < -0.4 is 5.32 Å². The van der Waals surface area contributed by atoms with Crippen LogP contribution >= 0.6 is 11.3 Å². The summed E-state index contributed by atoms with van der Waals surface area (Å²) in [5.41, 5.74) is 3.23. The number of para-hydroxylation sites is 1. The van der Waals surface area contributed by atoms with Crippen molar-refractivity contribution in [1.29, 1.82) is 0 Å². The van der Waals surface area contributed by atoms with E-state index < -0.39 is 5.97 Å². The predicted octanol–water partition coefficient (Wildman–Crippen LogP) is 4.33. The van der Waals surface area contributed by atoms with Gasteiger partial charge < -0.3 is 10.4 Å². The molecule has 6 heteroatoms. The van der Waals surface area contributed by atoms with E-state index >= 15 is 0 Å². The van der Waals surface area contributed by atoms with Crippen LogP contribution in [0.1, 0.15) is 31.2 Å². The molecule has 2 aromatic heterocycles. The Balaban J connectivity index is 1.50. The van der Waals surface area contributed by atoms with E-state index in [1.165, 1.54) is 5.56 Å². The van der Waals surface area contributed by atoms with Crippen LogP contribution in [0.3, 0.4) is 0 Å². The number of carboxylic acids is 1. The molecule has 0 saturated heterocycles. The lowest BCUT2D eigenvalue weighted by atomic mass is 9.86. The van der Waals surface area contributed by atoms with Gasteiger partial charge in [0.1, 0.15) is 5.69 Å². The van der Waals surface area contributed by atoms with E-state index in [4.69, 9.17) is 10.2 Å². The van der Waals surface area contributed by atoms with Gasteiger partial charge in [-0.1, -0.05) is 24.3 Å². The molecule has 0 bridgehead atoms. The van der Waals surface area contributed by atoms with E-state index in [1.807, 2.05) is 28.9 Å². The zero-order valence-corrected chi connectivity index (χ0v) is 15.9. The molecule has 1 aliphatic carbocycles. The third-order valence-electron chi connectivity index (χ3n) is 5.22. The highest BCUT2D eigenvalue weighted by molar-refractivity contribution is 7.13. The summed E-state index contributed by atoms with van der Waals surface area (Å²) in [6.07, 6.45) is 5.44. The van der Waals surface area contributed by atoms with Crippen molar-refractivity contribution in [2.75, 3.05) is 0 Å². The lowest BCUT2D eigenvalue weighted by Crippen LogP contribution is -2.34. The van der Waals surface area contributed by atoms with Crippen molar-refractivity contribution in [2.45, 2.75) is 38.3 Å². The molecule has 5 nitrogen and oxygen atoms in total. The number of carbonyl (C=O) groups is 1. The van der Waals surface area contributed by atoms with Crippen molar-refractivity contribution in [2.24, 2.45) is 5.92 Å². The molecule has 0 amide bonds. The predicted molar refractivity (Wildman–Crippen MR) is 107 cm³/mol. The molecular weight excluding hydrogens is 358 g/mol. The number of aromatic nitrogens is 2. The average molecular weight is 382 g/mol. The van der Waals surface area contributed by atoms with Crippen LogP contribution in [0.2, 0.25) is 0 Å². The van der Waals surface area contributed by atoms with Gasteiger partial charge in [-0.05, 0) is 49.3 Å². The number of nitrogens with zero attached hydrogens (tertiary/aromatic N) is 2. The molecule has 1 fully saturated rings. The Kier molecular flexibility index (Phi) is 5.36. The summed E-state index contributed by atoms with van der Waals surface area (Å²) in [4.78, 5) is 12.3. The van der Waals surface area contributed by atoms with Crippen LogP contribution in [0, 0.1) is 5.92 Å². The van der Waals surface area contributed by atoms with Gasteiger partial charge >= 0.3 is 5.97 Å². The van der Waals surface area contributed by atoms with E-state index in [0.717, 1.165) is 48.5 Å². The van der Waals surface area contributed by atoms with Crippen LogP contribution in [-0.2, 0) is 11.3 Å². The molecular formula is C21H23N3O2S. The maximum atomic E-state index is 11.1. The summed E-state index contributed by atoms with van der Waals surface area (Å²) >= 11 is 1.69. The monoisotopic (exact) mass is 381 g/mol. The summed E-state index contributed by atoms with van der Waals surface area (Å²) in [7, 11) is 0. The van der Waals surface area contributed by atoms with E-state index in [2.05, 4.69) is 35.1 Å². The maximum Gasteiger partial charge on any atom is 0.306 e. The Morgan fingerprint density at radius 3 is 2.59 bits per heavy atom. The fourth-order valence-corrected chi connectivity index (χ4v) is 4.42. The Labute approximate surface area is 162 Å². The van der Waals surface area contributed by atoms with E-state index in [0.29, 0.717) is 6.04 Å². The van der Waals surface area contributed by atoms with Crippen molar-refractivity contribution < 1.29 is 9.90 Å². The highest BCUT2D eigenvalue weighted by Crippen LogP contribution is 2.29. The van der Waals surface area contributed by atoms with Gasteiger partial charge in [0, 0.05) is 24.3 Å². The molecule has 3 aromatic rings. The summed E-state index contributed by atoms with van der Waals surface area (Å²) in [6, 6.07) is 14.7. The fourth-order valence-electron chi connectivity index (χ4n) is 3.67. The first-order valence-electron chi connectivity index (χ1n) is 9.35. The number of benzene rings is 1. The summed E-state index contributed by atoms with van der Waals surface area (Å²) < 4.78 is 1.94. The molecule has 4 rings (SSSR count). The molecule has 1 saturated carbocycles. The number of hydrogen-bond acceptors (Lipinski definition) is 4. The smallest absolute Gasteiger partial charge is 0.306 e. The number of hydrogen-bond donors (Lipinski definition) is 2. The van der Waals surface area contributed by atoms with Gasteiger partial charge in [-0.2, -0.15) is 5.10 Å². The summed E-state index contributed by atoms with van der Waals surface area (Å²) in [5.74, 6) is -0.830. The van der Waals surface area contributed by atoms with Crippen LogP contribution in [0.5, 0.6) is 0 Å². The fraction of sp³-hybridized carbons (Fsp3) is 0.333. The molecule has 0 spiro atoms. The minimum absolute atomic E-state index is 0.175. The van der Waals surface area contributed by atoms with Gasteiger partial charge in [0.15, 0.2) is 0 Å². The number of thiophene rings is 1. The van der Waals surface area contributed by atoms with Gasteiger partial charge in [-0.25, -0.2) is 4.68 Å². The lowest BCUT2D eigenvalue weighted by Gasteiger charge is -2.26. The molecule has 1 aromatic carbocycles. The number of nitrogens with one attached hydrogen (secondary N) is 1. The van der Waals surface area contributed by atoms with Crippen LogP contribution in [0.4, 0.5) is 0 Å². The summed E-state index contributed by atoms with van der Waals surface area (Å²) in [5, 5.41) is 19.7. The first kappa shape index (κ1) is 17.9. The Morgan fingerprint density at radius 2 is 1.93 bits per heavy atom. The molecule has 0 aliphatic heterocycles. The Bertz CT molecular complexity index is 882. The number of rotatable bonds is 6. The second-order valence-corrected chi connectivity index (χ2v) is 7.98. The zero-order chi connectivity index (χ0) is 18.6. The molecule has 0 radical (unpaired) electrons. The van der Waals surface area contributed by atoms with Gasteiger partial charge in [-0.3, -0.25) is 4.79 Å². The van der Waals surface area contributed by atoms with Crippen molar-refractivity contribution in [3.63, 3.8) is 0 Å². The van der Waals surface area contributed by atoms with Gasteiger partial charge in [0.05, 0.1) is 16.5 Å². The quantitative estimate of drug-likeness (QED) is 0.667. The Morgan fingerprint density at radius 1 is 1.15 bits per heavy atom. The first-order chi connectivity index (χ1) is 13.2. The minimum atomic E-state index is -0.655. The lowest BCUT2D eigenvalue weighted by molar-refractivity contribution is -0.142. The normalized spacial score (nSPS) is 19.9. The second-order valence-electron chi connectivity index (χ2n) is 7.03. The van der Waals surface area contributed by atoms with E-state index in [-0.39, 0.29) is 5.92 Å². The standard InChI is InChI=1S/C21H23N3O2S/c25-21(26)15-8-10-17(11-9-15)22-13-16-14-24(18-5-2-1-3-6-18)23-20(16)19-7-4-12-27-19/h1-7,12,14-15,17,22H,8-11,13H2,(H,25,26). The van der Waals surface area contributed by atoms with Crippen LogP contribution in [-0.4, -0.2) is 26.9 Å². The van der Waals surface area contributed by atoms with Crippen molar-refractivity contribution in [3.05, 3.63) is 59.6 Å². The highest BCUT2D eigenvalue weighted by atomic mass is 32.1. The maximum absolute atomic E-state index is 11.1. The van der Waals surface area contributed by atoms with E-state index in [9.17, 15) is 4.79 Å². The number of aliphatic carboxylic acids is 1. The van der Waals surface area contributed by atoms with Crippen LogP contribution in [0.25, 0.3) is 16.3 Å². The topological polar surface area (TPSA) is 67.2 Å². The summed E-state index contributed by atoms with van der Waals surface area (Å²) in [6.45, 7) is 0.739. The molecule has 0 unspecified atom stereocenters. The minimum Gasteiger partial charge on any atom is -0.481 e. The van der Waals surface area contributed by atoms with E-state index in [1.54, 1.807) is 11.3 Å². The number of carboxylic acid groups (broad SMARTS) is 1. The molecule has 2 heterocycles. The Hall–Kier alpha value is -2.44. The molecule has 2 N–H and O–H groups in total. The van der Waals surface area contributed by atoms with Crippen LogP contribution in [0.15, 0.2) is 54.0 Å². The van der Waals surface area contributed by atoms with Crippen molar-refractivity contribution >= 4 is 17.3 Å². The molecule has 140 valence electrons. The largest absolute Gasteiger partial charge is 0.481 e. The molecule has 1 aliphatic rings. The van der Waals surface area contributed by atoms with Crippen molar-refractivity contribution in [1.82, 2.24) is 15.1 Å². The van der Waals surface area contributed by atoms with Crippen molar-refractivity contribution in [3.8, 4) is 16.3 Å². The zero-order valence-electron chi connectivity index (χ0n) is 15.0. The molecule has 0 atom stereocenters. The molecule has 27 heavy (non-hydrogen) atoms. The van der Waals surface area contributed by atoms with Gasteiger partial charge in [0.2, 0.25) is 0 Å². The third-order valence-corrected chi connectivity index (χ3v) is 6.10. The van der Waals surface area contributed by atoms with Gasteiger partial charge in [-0.15, -0.1) is 11.3 Å². The second kappa shape index (κ2) is 8.06.